The fourth-order valence-corrected chi connectivity index (χ4v) is 16.6. The molecule has 0 spiro atoms. The molecule has 0 radical (unpaired) electrons. The molecule has 0 aromatic carbocycles. The molecule has 4 saturated carbocycles. The van der Waals surface area contributed by atoms with Crippen LogP contribution in [0.1, 0.15) is 138 Å². The first kappa shape index (κ1) is 40.7. The lowest BCUT2D eigenvalue weighted by Gasteiger charge is -2.72. The number of aliphatic carboxylic acids is 1. The van der Waals surface area contributed by atoms with Gasteiger partial charge in [-0.25, -0.2) is 8.42 Å². The van der Waals surface area contributed by atoms with Crippen LogP contribution in [0.5, 0.6) is 0 Å². The Hall–Kier alpha value is -1.48. The summed E-state index contributed by atoms with van der Waals surface area (Å²) in [7, 11) is -2.95. The van der Waals surface area contributed by atoms with Crippen LogP contribution in [0.25, 0.3) is 0 Å². The highest BCUT2D eigenvalue weighted by atomic mass is 32.2. The van der Waals surface area contributed by atoms with Crippen molar-refractivity contribution in [2.24, 2.45) is 56.7 Å². The summed E-state index contributed by atoms with van der Waals surface area (Å²) >= 11 is 0. The predicted octanol–water partition coefficient (Wildman–Crippen LogP) is 8.60. The van der Waals surface area contributed by atoms with Crippen LogP contribution in [0.2, 0.25) is 0 Å². The quantitative estimate of drug-likeness (QED) is 0.191. The number of rotatable bonds is 10. The lowest BCUT2D eigenvalue weighted by atomic mass is 9.33. The molecule has 7 rings (SSSR count). The van der Waals surface area contributed by atoms with E-state index in [1.807, 2.05) is 0 Å². The first-order valence-corrected chi connectivity index (χ1v) is 23.8. The van der Waals surface area contributed by atoms with Crippen LogP contribution >= 0.6 is 0 Å². The van der Waals surface area contributed by atoms with Gasteiger partial charge in [0.2, 0.25) is 0 Å². The molecule has 10 atom stereocenters. The maximum Gasteiger partial charge on any atom is 0.310 e. The van der Waals surface area contributed by atoms with Crippen molar-refractivity contribution in [3.05, 3.63) is 35.5 Å². The van der Waals surface area contributed by atoms with E-state index >= 15 is 0 Å². The van der Waals surface area contributed by atoms with Crippen molar-refractivity contribution < 1.29 is 23.4 Å². The summed E-state index contributed by atoms with van der Waals surface area (Å²) in [6.45, 7) is 23.7. The Labute approximate surface area is 328 Å². The maximum absolute atomic E-state index is 12.3. The lowest BCUT2D eigenvalue weighted by Crippen LogP contribution is -2.68. The molecule has 8 heteroatoms. The van der Waals surface area contributed by atoms with Gasteiger partial charge in [0, 0.05) is 31.5 Å². The summed E-state index contributed by atoms with van der Waals surface area (Å²) in [5, 5.41) is 23.9. The van der Waals surface area contributed by atoms with E-state index in [1.54, 1.807) is 0 Å². The Morgan fingerprint density at radius 2 is 1.63 bits per heavy atom. The highest BCUT2D eigenvalue weighted by molar-refractivity contribution is 7.91. The van der Waals surface area contributed by atoms with Crippen molar-refractivity contribution in [3.8, 4) is 0 Å². The summed E-state index contributed by atoms with van der Waals surface area (Å²) in [5.74, 6) is 2.36. The van der Waals surface area contributed by atoms with Crippen molar-refractivity contribution in [3.63, 3.8) is 0 Å². The van der Waals surface area contributed by atoms with Gasteiger partial charge >= 0.3 is 5.97 Å². The highest BCUT2D eigenvalue weighted by Crippen LogP contribution is 2.76. The third kappa shape index (κ3) is 6.27. The molecule has 0 amide bonds. The second-order valence-corrected chi connectivity index (χ2v) is 23.5. The number of hydrogen-bond donors (Lipinski definition) is 3. The van der Waals surface area contributed by atoms with E-state index in [9.17, 15) is 23.4 Å². The van der Waals surface area contributed by atoms with Crippen LogP contribution in [0, 0.1) is 56.7 Å². The zero-order valence-corrected chi connectivity index (χ0v) is 35.8. The molecular formula is C46H74N2O5S. The van der Waals surface area contributed by atoms with Gasteiger partial charge in [-0.3, -0.25) is 4.79 Å². The standard InChI is InChI=1S/C46H74N2O5S/c1-31(2)34-13-22-46(47-26-29-48-27-16-33(17-28-48)54(8,52)53)24-23-43(6)36(39(34)46)9-10-38-42(5)18-14-35(41(3,4)37(42)15-19-44(38,43)7)32-11-20-45(21-12-32,25-30-49)40(50)51/h11,14,33-34,36-39,47,49H,1,9-10,12-13,15-30H2,2-8H3,(H,50,51)/t34-,36+,37-,38+,39+,42-,43+,44+,45?,46-/m0/s1. The summed E-state index contributed by atoms with van der Waals surface area (Å²) in [4.78, 5) is 14.8. The van der Waals surface area contributed by atoms with Gasteiger partial charge in [-0.05, 0) is 179 Å². The number of carboxylic acids is 1. The number of allylic oxidation sites excluding steroid dienone is 5. The van der Waals surface area contributed by atoms with Gasteiger partial charge in [0.15, 0.2) is 0 Å². The van der Waals surface area contributed by atoms with Crippen LogP contribution in [0.15, 0.2) is 35.5 Å². The fraction of sp³-hybridized carbons (Fsp3) is 0.848. The number of hydrogen-bond acceptors (Lipinski definition) is 6. The summed E-state index contributed by atoms with van der Waals surface area (Å²) < 4.78 is 24.3. The first-order valence-electron chi connectivity index (χ1n) is 21.8. The average Bonchev–Trinajstić information content (AvgIpc) is 3.49. The van der Waals surface area contributed by atoms with Crippen LogP contribution in [0.3, 0.4) is 0 Å². The van der Waals surface area contributed by atoms with Crippen LogP contribution < -0.4 is 5.32 Å². The van der Waals surface area contributed by atoms with Gasteiger partial charge in [0.25, 0.3) is 0 Å². The third-order valence-electron chi connectivity index (χ3n) is 18.7. The molecule has 304 valence electrons. The Kier molecular flexibility index (Phi) is 10.6. The number of likely N-dealkylation sites (tertiary alicyclic amines) is 1. The molecule has 0 aromatic heterocycles. The molecule has 3 N–H and O–H groups in total. The highest BCUT2D eigenvalue weighted by Gasteiger charge is 2.70. The van der Waals surface area contributed by atoms with E-state index in [-0.39, 0.29) is 39.1 Å². The monoisotopic (exact) mass is 767 g/mol. The van der Waals surface area contributed by atoms with Gasteiger partial charge in [-0.1, -0.05) is 58.9 Å². The minimum Gasteiger partial charge on any atom is -0.481 e. The molecular weight excluding hydrogens is 693 g/mol. The van der Waals surface area contributed by atoms with Gasteiger partial charge in [0.1, 0.15) is 9.84 Å². The molecule has 6 aliphatic carbocycles. The number of piperidine rings is 1. The largest absolute Gasteiger partial charge is 0.481 e. The minimum atomic E-state index is -2.95. The number of carbonyl (C=O) groups is 1. The second kappa shape index (κ2) is 14.1. The molecule has 1 saturated heterocycles. The minimum absolute atomic E-state index is 0.0281. The number of aliphatic hydroxyl groups is 1. The molecule has 7 nitrogen and oxygen atoms in total. The number of nitrogens with zero attached hydrogens (tertiary/aromatic N) is 1. The molecule has 1 heterocycles. The third-order valence-corrected chi connectivity index (χ3v) is 20.4. The Morgan fingerprint density at radius 1 is 0.907 bits per heavy atom. The van der Waals surface area contributed by atoms with Crippen LogP contribution in [0.4, 0.5) is 0 Å². The Balaban J connectivity index is 1.10. The molecule has 1 unspecified atom stereocenters. The summed E-state index contributed by atoms with van der Waals surface area (Å²) in [6, 6.07) is 0. The molecule has 54 heavy (non-hydrogen) atoms. The number of sulfone groups is 1. The first-order chi connectivity index (χ1) is 25.3. The molecule has 0 aromatic rings. The fourth-order valence-electron chi connectivity index (χ4n) is 15.5. The zero-order valence-electron chi connectivity index (χ0n) is 34.9. The normalized spacial score (nSPS) is 43.9. The van der Waals surface area contributed by atoms with Crippen molar-refractivity contribution in [2.75, 3.05) is 39.0 Å². The Morgan fingerprint density at radius 3 is 2.24 bits per heavy atom. The van der Waals surface area contributed by atoms with Crippen molar-refractivity contribution in [2.45, 2.75) is 149 Å². The second-order valence-electron chi connectivity index (χ2n) is 21.2. The van der Waals surface area contributed by atoms with Gasteiger partial charge in [-0.2, -0.15) is 0 Å². The number of aliphatic hydroxyl groups excluding tert-OH is 1. The Bertz CT molecular complexity index is 1660. The average molecular weight is 767 g/mol. The van der Waals surface area contributed by atoms with Crippen molar-refractivity contribution >= 4 is 15.8 Å². The van der Waals surface area contributed by atoms with Crippen LogP contribution in [-0.4, -0.2) is 79.3 Å². The van der Waals surface area contributed by atoms with E-state index in [0.717, 1.165) is 51.9 Å². The van der Waals surface area contributed by atoms with E-state index in [2.05, 4.69) is 70.5 Å². The topological polar surface area (TPSA) is 107 Å². The smallest absolute Gasteiger partial charge is 0.310 e. The molecule has 0 bridgehead atoms. The lowest BCUT2D eigenvalue weighted by molar-refractivity contribution is -0.221. The SMILES string of the molecule is C=C(C)[C@@H]1CC[C@]2(NCCN3CCC(S(C)(=O)=O)CC3)CC[C@]3(C)[C@H](CC[C@@H]4[C@@]5(C)CC=C(C6=CCC(CCO)(C(=O)O)CC6)C(C)(C)[C@@H]5CC[C@]43C)[C@@H]12. The summed E-state index contributed by atoms with van der Waals surface area (Å²) in [6.07, 6.45) is 21.2. The molecule has 1 aliphatic heterocycles. The van der Waals surface area contributed by atoms with E-state index < -0.39 is 21.2 Å². The molecule has 7 aliphatic rings. The summed E-state index contributed by atoms with van der Waals surface area (Å²) in [5.41, 5.74) is 4.35. The van der Waals surface area contributed by atoms with E-state index in [4.69, 9.17) is 0 Å². The van der Waals surface area contributed by atoms with Gasteiger partial charge in [0.05, 0.1) is 10.7 Å². The van der Waals surface area contributed by atoms with Gasteiger partial charge < -0.3 is 20.4 Å². The van der Waals surface area contributed by atoms with Crippen molar-refractivity contribution in [1.29, 1.82) is 0 Å². The van der Waals surface area contributed by atoms with E-state index in [1.165, 1.54) is 74.3 Å². The predicted molar refractivity (Wildman–Crippen MR) is 219 cm³/mol. The molecule has 5 fully saturated rings. The van der Waals surface area contributed by atoms with E-state index in [0.29, 0.717) is 48.9 Å². The number of carboxylic acid groups (broad SMARTS) is 1. The maximum atomic E-state index is 12.3. The number of fused-ring (bicyclic) bond motifs is 7. The zero-order chi connectivity index (χ0) is 39.1. The van der Waals surface area contributed by atoms with Gasteiger partial charge in [-0.15, -0.1) is 0 Å². The number of nitrogens with one attached hydrogen (secondary N) is 1. The van der Waals surface area contributed by atoms with Crippen molar-refractivity contribution in [1.82, 2.24) is 10.2 Å². The van der Waals surface area contributed by atoms with Crippen LogP contribution in [-0.2, 0) is 14.6 Å².